The molecule has 6 heteroatoms. The highest BCUT2D eigenvalue weighted by Gasteiger charge is 2.36. The lowest BCUT2D eigenvalue weighted by Crippen LogP contribution is -2.56. The van der Waals surface area contributed by atoms with Gasteiger partial charge in [0, 0.05) is 37.7 Å². The minimum Gasteiger partial charge on any atom is -0.391 e. The van der Waals surface area contributed by atoms with E-state index in [9.17, 15) is 5.11 Å². The summed E-state index contributed by atoms with van der Waals surface area (Å²) < 4.78 is 7.03. The van der Waals surface area contributed by atoms with Gasteiger partial charge in [0.1, 0.15) is 5.15 Å². The first kappa shape index (κ1) is 15.8. The number of aryl methyl sites for hydroxylation is 2. The summed E-state index contributed by atoms with van der Waals surface area (Å²) in [4.78, 5) is 2.28. The second-order valence-corrected chi connectivity index (χ2v) is 6.31. The van der Waals surface area contributed by atoms with E-state index in [1.165, 1.54) is 0 Å². The molecular formula is C14H24ClN3O2. The number of hydrogen-bond donors (Lipinski definition) is 1. The van der Waals surface area contributed by atoms with E-state index in [1.54, 1.807) is 4.68 Å². The van der Waals surface area contributed by atoms with Crippen LogP contribution in [0.4, 0.5) is 0 Å². The molecule has 20 heavy (non-hydrogen) atoms. The van der Waals surface area contributed by atoms with E-state index in [2.05, 4.69) is 23.8 Å². The van der Waals surface area contributed by atoms with E-state index in [0.717, 1.165) is 37.6 Å². The van der Waals surface area contributed by atoms with Crippen molar-refractivity contribution in [3.63, 3.8) is 0 Å². The molecule has 1 saturated heterocycles. The predicted molar refractivity (Wildman–Crippen MR) is 79.1 cm³/mol. The van der Waals surface area contributed by atoms with Crippen LogP contribution in [-0.2, 0) is 18.2 Å². The van der Waals surface area contributed by atoms with Crippen LogP contribution in [0.25, 0.3) is 0 Å². The van der Waals surface area contributed by atoms with E-state index in [-0.39, 0.29) is 5.54 Å². The quantitative estimate of drug-likeness (QED) is 0.913. The highest BCUT2D eigenvalue weighted by Crippen LogP contribution is 2.27. The van der Waals surface area contributed by atoms with E-state index in [1.807, 2.05) is 14.0 Å². The Bertz CT molecular complexity index is 467. The van der Waals surface area contributed by atoms with E-state index < -0.39 is 6.10 Å². The van der Waals surface area contributed by atoms with Crippen LogP contribution in [-0.4, -0.2) is 57.7 Å². The first-order chi connectivity index (χ1) is 9.34. The van der Waals surface area contributed by atoms with Gasteiger partial charge in [0.05, 0.1) is 25.0 Å². The molecule has 0 saturated carbocycles. The zero-order valence-corrected chi connectivity index (χ0v) is 13.4. The Kier molecular flexibility index (Phi) is 4.74. The smallest absolute Gasteiger partial charge is 0.130 e. The molecule has 0 bridgehead atoms. The molecule has 0 spiro atoms. The average molecular weight is 302 g/mol. The highest BCUT2D eigenvalue weighted by molar-refractivity contribution is 6.30. The molecule has 1 unspecified atom stereocenters. The van der Waals surface area contributed by atoms with Crippen molar-refractivity contribution in [2.24, 2.45) is 7.05 Å². The van der Waals surface area contributed by atoms with Gasteiger partial charge in [0.15, 0.2) is 0 Å². The summed E-state index contributed by atoms with van der Waals surface area (Å²) in [5, 5.41) is 15.6. The average Bonchev–Trinajstić information content (AvgIpc) is 2.66. The fraction of sp³-hybridized carbons (Fsp3) is 0.786. The van der Waals surface area contributed by atoms with Gasteiger partial charge in [-0.3, -0.25) is 9.58 Å². The monoisotopic (exact) mass is 301 g/mol. The molecule has 1 aromatic rings. The van der Waals surface area contributed by atoms with Gasteiger partial charge in [-0.05, 0) is 20.8 Å². The molecule has 1 N–H and O–H groups in total. The molecule has 1 aromatic heterocycles. The lowest BCUT2D eigenvalue weighted by atomic mass is 9.90. The Morgan fingerprint density at radius 1 is 1.40 bits per heavy atom. The van der Waals surface area contributed by atoms with Crippen LogP contribution in [0.15, 0.2) is 0 Å². The summed E-state index contributed by atoms with van der Waals surface area (Å²) in [6.07, 6.45) is 0.0177. The minimum atomic E-state index is -0.499. The number of hydrogen-bond acceptors (Lipinski definition) is 4. The molecule has 2 rings (SSSR count). The zero-order valence-electron chi connectivity index (χ0n) is 12.7. The normalized spacial score (nSPS) is 19.3. The molecule has 5 nitrogen and oxygen atoms in total. The number of nitrogens with zero attached hydrogens (tertiary/aromatic N) is 3. The van der Waals surface area contributed by atoms with Crippen LogP contribution in [0.3, 0.4) is 0 Å². The van der Waals surface area contributed by atoms with Gasteiger partial charge in [-0.1, -0.05) is 11.6 Å². The molecule has 0 amide bonds. The van der Waals surface area contributed by atoms with Crippen LogP contribution in [0.2, 0.25) is 5.15 Å². The maximum Gasteiger partial charge on any atom is 0.130 e. The van der Waals surface area contributed by atoms with Crippen molar-refractivity contribution < 1.29 is 9.84 Å². The molecule has 0 aromatic carbocycles. The van der Waals surface area contributed by atoms with Crippen LogP contribution in [0.1, 0.15) is 25.1 Å². The third-order valence-corrected chi connectivity index (χ3v) is 4.78. The second kappa shape index (κ2) is 6.02. The summed E-state index contributed by atoms with van der Waals surface area (Å²) >= 11 is 6.25. The number of aromatic nitrogens is 2. The first-order valence-electron chi connectivity index (χ1n) is 7.03. The molecule has 1 atom stereocenters. The maximum absolute atomic E-state index is 10.7. The number of morpholine rings is 1. The molecule has 1 fully saturated rings. The van der Waals surface area contributed by atoms with Gasteiger partial charge in [-0.15, -0.1) is 0 Å². The lowest BCUT2D eigenvalue weighted by molar-refractivity contribution is -0.0612. The summed E-state index contributed by atoms with van der Waals surface area (Å²) in [5.41, 5.74) is 1.51. The SMILES string of the molecule is Cc1nn(C)c(Cl)c1CC(O)C(C)(C)N1CCOCC1. The van der Waals surface area contributed by atoms with Gasteiger partial charge >= 0.3 is 0 Å². The Morgan fingerprint density at radius 2 is 2.00 bits per heavy atom. The number of aliphatic hydroxyl groups excluding tert-OH is 1. The highest BCUT2D eigenvalue weighted by atomic mass is 35.5. The van der Waals surface area contributed by atoms with Gasteiger partial charge < -0.3 is 9.84 Å². The van der Waals surface area contributed by atoms with Crippen molar-refractivity contribution in [3.8, 4) is 0 Å². The van der Waals surface area contributed by atoms with Crippen molar-refractivity contribution in [1.82, 2.24) is 14.7 Å². The molecule has 114 valence electrons. The number of halogens is 1. The Labute approximate surface area is 125 Å². The second-order valence-electron chi connectivity index (χ2n) is 5.95. The number of aliphatic hydroxyl groups is 1. The Balaban J connectivity index is 2.11. The van der Waals surface area contributed by atoms with Crippen LogP contribution >= 0.6 is 11.6 Å². The standard InChI is InChI=1S/C14H24ClN3O2/c1-10-11(13(15)17(4)16-10)9-12(19)14(2,3)18-5-7-20-8-6-18/h12,19H,5-9H2,1-4H3. The molecular weight excluding hydrogens is 278 g/mol. The molecule has 2 heterocycles. The van der Waals surface area contributed by atoms with E-state index in [0.29, 0.717) is 11.6 Å². The molecule has 1 aliphatic rings. The Morgan fingerprint density at radius 3 is 2.50 bits per heavy atom. The van der Waals surface area contributed by atoms with Crippen molar-refractivity contribution >= 4 is 11.6 Å². The number of rotatable bonds is 4. The van der Waals surface area contributed by atoms with Gasteiger partial charge in [-0.25, -0.2) is 0 Å². The van der Waals surface area contributed by atoms with Crippen LogP contribution in [0, 0.1) is 6.92 Å². The van der Waals surface area contributed by atoms with Gasteiger partial charge in [0.25, 0.3) is 0 Å². The summed E-state index contributed by atoms with van der Waals surface area (Å²) in [7, 11) is 1.82. The van der Waals surface area contributed by atoms with E-state index in [4.69, 9.17) is 16.3 Å². The Hall–Kier alpha value is -0.620. The number of ether oxygens (including phenoxy) is 1. The van der Waals surface area contributed by atoms with Crippen molar-refractivity contribution in [1.29, 1.82) is 0 Å². The molecule has 0 radical (unpaired) electrons. The van der Waals surface area contributed by atoms with Crippen molar-refractivity contribution in [2.45, 2.75) is 38.8 Å². The van der Waals surface area contributed by atoms with Crippen molar-refractivity contribution in [2.75, 3.05) is 26.3 Å². The summed E-state index contributed by atoms with van der Waals surface area (Å²) in [6, 6.07) is 0. The topological polar surface area (TPSA) is 50.5 Å². The van der Waals surface area contributed by atoms with Crippen LogP contribution in [0.5, 0.6) is 0 Å². The third kappa shape index (κ3) is 3.01. The van der Waals surface area contributed by atoms with Gasteiger partial charge in [-0.2, -0.15) is 5.10 Å². The molecule has 1 aliphatic heterocycles. The first-order valence-corrected chi connectivity index (χ1v) is 7.40. The van der Waals surface area contributed by atoms with E-state index >= 15 is 0 Å². The lowest BCUT2D eigenvalue weighted by Gasteiger charge is -2.43. The van der Waals surface area contributed by atoms with Crippen LogP contribution < -0.4 is 0 Å². The summed E-state index contributed by atoms with van der Waals surface area (Å²) in [6.45, 7) is 9.22. The molecule has 0 aliphatic carbocycles. The van der Waals surface area contributed by atoms with Crippen molar-refractivity contribution in [3.05, 3.63) is 16.4 Å². The maximum atomic E-state index is 10.7. The third-order valence-electron chi connectivity index (χ3n) is 4.31. The minimum absolute atomic E-state index is 0.310. The fourth-order valence-electron chi connectivity index (χ4n) is 2.70. The predicted octanol–water partition coefficient (Wildman–Crippen LogP) is 1.40. The van der Waals surface area contributed by atoms with Gasteiger partial charge in [0.2, 0.25) is 0 Å². The fourth-order valence-corrected chi connectivity index (χ4v) is 2.95. The zero-order chi connectivity index (χ0) is 14.9. The largest absolute Gasteiger partial charge is 0.391 e. The summed E-state index contributed by atoms with van der Waals surface area (Å²) in [5.74, 6) is 0.